The van der Waals surface area contributed by atoms with Gasteiger partial charge in [-0.25, -0.2) is 18.2 Å². The first-order valence-corrected chi connectivity index (χ1v) is 11.6. The van der Waals surface area contributed by atoms with Crippen molar-refractivity contribution >= 4 is 21.7 Å². The minimum absolute atomic E-state index is 0.265. The second-order valence-corrected chi connectivity index (χ2v) is 9.08. The number of rotatable bonds is 9. The van der Waals surface area contributed by atoms with E-state index >= 15 is 0 Å². The van der Waals surface area contributed by atoms with Crippen LogP contribution >= 0.6 is 0 Å². The fourth-order valence-electron chi connectivity index (χ4n) is 3.16. The summed E-state index contributed by atoms with van der Waals surface area (Å²) in [5.41, 5.74) is 1.33. The van der Waals surface area contributed by atoms with Crippen LogP contribution < -0.4 is 15.4 Å². The van der Waals surface area contributed by atoms with Crippen LogP contribution in [-0.4, -0.2) is 57.2 Å². The summed E-state index contributed by atoms with van der Waals surface area (Å²) in [6.45, 7) is 2.27. The highest BCUT2D eigenvalue weighted by Gasteiger charge is 2.25. The highest BCUT2D eigenvalue weighted by molar-refractivity contribution is 7.89. The third kappa shape index (κ3) is 6.65. The molecule has 0 radical (unpaired) electrons. The molecule has 1 fully saturated rings. The van der Waals surface area contributed by atoms with Crippen molar-refractivity contribution in [1.82, 2.24) is 14.6 Å². The molecule has 1 aliphatic heterocycles. The van der Waals surface area contributed by atoms with Crippen molar-refractivity contribution in [3.63, 3.8) is 0 Å². The Morgan fingerprint density at radius 2 is 1.81 bits per heavy atom. The van der Waals surface area contributed by atoms with E-state index in [1.807, 2.05) is 0 Å². The molecular weight excluding hydrogens is 420 g/mol. The molecule has 0 aliphatic carbocycles. The van der Waals surface area contributed by atoms with Crippen LogP contribution in [0.4, 0.5) is 10.5 Å². The van der Waals surface area contributed by atoms with Crippen LogP contribution in [0.15, 0.2) is 47.5 Å². The lowest BCUT2D eigenvalue weighted by molar-refractivity contribution is 0.144. The number of urea groups is 1. The van der Waals surface area contributed by atoms with Gasteiger partial charge in [0.05, 0.1) is 23.4 Å². The van der Waals surface area contributed by atoms with Crippen molar-refractivity contribution in [3.05, 3.63) is 48.2 Å². The molecule has 1 saturated heterocycles. The van der Waals surface area contributed by atoms with Gasteiger partial charge in [0.2, 0.25) is 15.9 Å². The van der Waals surface area contributed by atoms with Crippen molar-refractivity contribution < 1.29 is 22.7 Å². The van der Waals surface area contributed by atoms with E-state index in [1.54, 1.807) is 47.8 Å². The summed E-state index contributed by atoms with van der Waals surface area (Å²) in [4.78, 5) is 16.5. The maximum atomic E-state index is 12.7. The molecule has 0 unspecified atom stereocenters. The molecule has 2 amide bonds. The lowest BCUT2D eigenvalue weighted by Crippen LogP contribution is -2.35. The van der Waals surface area contributed by atoms with E-state index in [-0.39, 0.29) is 17.5 Å². The summed E-state index contributed by atoms with van der Waals surface area (Å²) in [7, 11) is -1.86. The zero-order valence-corrected chi connectivity index (χ0v) is 18.4. The van der Waals surface area contributed by atoms with Crippen LogP contribution in [0.25, 0.3) is 0 Å². The summed E-state index contributed by atoms with van der Waals surface area (Å²) in [5.74, 6) is 0.447. The van der Waals surface area contributed by atoms with Gasteiger partial charge in [0.1, 0.15) is 6.61 Å². The second kappa shape index (κ2) is 11.1. The molecule has 0 atom stereocenters. The van der Waals surface area contributed by atoms with E-state index in [2.05, 4.69) is 15.6 Å². The summed E-state index contributed by atoms with van der Waals surface area (Å²) in [5, 5.41) is 5.43. The van der Waals surface area contributed by atoms with Crippen molar-refractivity contribution in [2.45, 2.75) is 30.7 Å². The molecule has 2 heterocycles. The first-order valence-electron chi connectivity index (χ1n) is 10.2. The molecule has 2 N–H and O–H groups in total. The fourth-order valence-corrected chi connectivity index (χ4v) is 4.68. The first kappa shape index (κ1) is 23.0. The number of hydrogen-bond donors (Lipinski definition) is 2. The van der Waals surface area contributed by atoms with E-state index in [9.17, 15) is 13.2 Å². The Morgan fingerprint density at radius 3 is 2.45 bits per heavy atom. The molecule has 3 rings (SSSR count). The van der Waals surface area contributed by atoms with E-state index < -0.39 is 10.0 Å². The zero-order valence-electron chi connectivity index (χ0n) is 17.5. The van der Waals surface area contributed by atoms with Gasteiger partial charge in [-0.15, -0.1) is 0 Å². The molecule has 0 saturated carbocycles. The largest absolute Gasteiger partial charge is 0.475 e. The Bertz CT molecular complexity index is 943. The summed E-state index contributed by atoms with van der Waals surface area (Å²) < 4.78 is 37.2. The monoisotopic (exact) mass is 448 g/mol. The van der Waals surface area contributed by atoms with Gasteiger partial charge in [-0.05, 0) is 36.6 Å². The minimum Gasteiger partial charge on any atom is -0.475 e. The van der Waals surface area contributed by atoms with Gasteiger partial charge in [0, 0.05) is 32.8 Å². The number of hydrogen-bond acceptors (Lipinski definition) is 6. The molecule has 10 heteroatoms. The smallest absolute Gasteiger partial charge is 0.319 e. The van der Waals surface area contributed by atoms with Gasteiger partial charge >= 0.3 is 6.03 Å². The van der Waals surface area contributed by atoms with Crippen LogP contribution in [0.5, 0.6) is 5.88 Å². The second-order valence-electron chi connectivity index (χ2n) is 7.14. The highest BCUT2D eigenvalue weighted by atomic mass is 32.2. The van der Waals surface area contributed by atoms with Gasteiger partial charge in [0.25, 0.3) is 0 Å². The average Bonchev–Trinajstić information content (AvgIpc) is 2.80. The van der Waals surface area contributed by atoms with Gasteiger partial charge in [-0.3, -0.25) is 0 Å². The lowest BCUT2D eigenvalue weighted by atomic mass is 10.2. The Morgan fingerprint density at radius 1 is 1.06 bits per heavy atom. The number of carbonyl (C=O) groups is 1. The third-order valence-electron chi connectivity index (χ3n) is 4.86. The highest BCUT2D eigenvalue weighted by Crippen LogP contribution is 2.21. The lowest BCUT2D eigenvalue weighted by Gasteiger charge is -2.25. The molecule has 1 aromatic heterocycles. The number of amides is 2. The summed E-state index contributed by atoms with van der Waals surface area (Å²) >= 11 is 0. The molecule has 1 aliphatic rings. The Labute approximate surface area is 182 Å². The van der Waals surface area contributed by atoms with Crippen LogP contribution in [0.1, 0.15) is 24.8 Å². The Kier molecular flexibility index (Phi) is 8.21. The standard InChI is InChI=1S/C21H28N4O5S/c1-29-13-14-30-20-10-7-18(16-22-20)24-21(26)23-15-17-5-8-19(9-6-17)31(27,28)25-11-3-2-4-12-25/h5-10,16H,2-4,11-15H2,1H3,(H2,23,24,26). The number of nitrogens with one attached hydrogen (secondary N) is 2. The summed E-state index contributed by atoms with van der Waals surface area (Å²) in [6.07, 6.45) is 4.37. The van der Waals surface area contributed by atoms with Crippen molar-refractivity contribution in [3.8, 4) is 5.88 Å². The minimum atomic E-state index is -3.45. The number of pyridine rings is 1. The normalized spacial score (nSPS) is 14.7. The van der Waals surface area contributed by atoms with E-state index in [0.29, 0.717) is 37.9 Å². The average molecular weight is 449 g/mol. The SMILES string of the molecule is COCCOc1ccc(NC(=O)NCc2ccc(S(=O)(=O)N3CCCCC3)cc2)cn1. The molecule has 0 spiro atoms. The van der Waals surface area contributed by atoms with Crippen molar-refractivity contribution in [1.29, 1.82) is 0 Å². The number of carbonyl (C=O) groups excluding carboxylic acids is 1. The molecule has 2 aromatic rings. The number of benzene rings is 1. The first-order chi connectivity index (χ1) is 15.0. The Balaban J connectivity index is 1.48. The number of aromatic nitrogens is 1. The third-order valence-corrected chi connectivity index (χ3v) is 6.77. The predicted molar refractivity (Wildman–Crippen MR) is 117 cm³/mol. The number of sulfonamides is 1. The number of methoxy groups -OCH3 is 1. The van der Waals surface area contributed by atoms with Crippen molar-refractivity contribution in [2.75, 3.05) is 38.7 Å². The maximum absolute atomic E-state index is 12.7. The van der Waals surface area contributed by atoms with Gasteiger partial charge in [0.15, 0.2) is 0 Å². The molecule has 0 bridgehead atoms. The number of anilines is 1. The zero-order chi connectivity index (χ0) is 22.1. The molecule has 31 heavy (non-hydrogen) atoms. The molecule has 9 nitrogen and oxygen atoms in total. The maximum Gasteiger partial charge on any atom is 0.319 e. The number of ether oxygens (including phenoxy) is 2. The van der Waals surface area contributed by atoms with Crippen LogP contribution in [0, 0.1) is 0 Å². The number of nitrogens with zero attached hydrogens (tertiary/aromatic N) is 2. The van der Waals surface area contributed by atoms with Crippen LogP contribution in [-0.2, 0) is 21.3 Å². The quantitative estimate of drug-likeness (QED) is 0.571. The predicted octanol–water partition coefficient (Wildman–Crippen LogP) is 2.60. The van der Waals surface area contributed by atoms with Crippen LogP contribution in [0.3, 0.4) is 0 Å². The topological polar surface area (TPSA) is 110 Å². The Hall–Kier alpha value is -2.69. The van der Waals surface area contributed by atoms with Gasteiger partial charge < -0.3 is 20.1 Å². The van der Waals surface area contributed by atoms with Gasteiger partial charge in [-0.1, -0.05) is 18.6 Å². The number of piperidine rings is 1. The molecule has 168 valence electrons. The summed E-state index contributed by atoms with van der Waals surface area (Å²) in [6, 6.07) is 9.56. The fraction of sp³-hybridized carbons (Fsp3) is 0.429. The molecular formula is C21H28N4O5S. The van der Waals surface area contributed by atoms with Gasteiger partial charge in [-0.2, -0.15) is 4.31 Å². The van der Waals surface area contributed by atoms with Crippen LogP contribution in [0.2, 0.25) is 0 Å². The van der Waals surface area contributed by atoms with E-state index in [0.717, 1.165) is 24.8 Å². The van der Waals surface area contributed by atoms with E-state index in [1.165, 1.54) is 6.20 Å². The molecule has 1 aromatic carbocycles. The van der Waals surface area contributed by atoms with Crippen molar-refractivity contribution in [2.24, 2.45) is 0 Å². The van der Waals surface area contributed by atoms with E-state index in [4.69, 9.17) is 9.47 Å².